The largest absolute Gasteiger partial charge is 0.488 e. The van der Waals surface area contributed by atoms with E-state index in [1.807, 2.05) is 31.2 Å². The quantitative estimate of drug-likeness (QED) is 0.898. The molecule has 2 rings (SSSR count). The zero-order valence-electron chi connectivity index (χ0n) is 10.3. The van der Waals surface area contributed by atoms with E-state index >= 15 is 0 Å². The normalized spacial score (nSPS) is 10.4. The summed E-state index contributed by atoms with van der Waals surface area (Å²) < 4.78 is 19.1. The van der Waals surface area contributed by atoms with Gasteiger partial charge in [-0.15, -0.1) is 0 Å². The Labute approximate surface area is 106 Å². The molecule has 0 saturated carbocycles. The summed E-state index contributed by atoms with van der Waals surface area (Å²) >= 11 is 0. The fourth-order valence-electron chi connectivity index (χ4n) is 1.72. The Morgan fingerprint density at radius 2 is 1.83 bits per heavy atom. The molecule has 0 aliphatic carbocycles. The van der Waals surface area contributed by atoms with E-state index in [1.165, 1.54) is 11.6 Å². The average molecular weight is 245 g/mol. The van der Waals surface area contributed by atoms with Gasteiger partial charge in [-0.3, -0.25) is 0 Å². The van der Waals surface area contributed by atoms with Crippen LogP contribution in [-0.4, -0.2) is 0 Å². The van der Waals surface area contributed by atoms with E-state index < -0.39 is 0 Å². The van der Waals surface area contributed by atoms with Crippen molar-refractivity contribution in [3.63, 3.8) is 0 Å². The van der Waals surface area contributed by atoms with Crippen molar-refractivity contribution in [3.05, 3.63) is 65.0 Å². The van der Waals surface area contributed by atoms with Crippen molar-refractivity contribution < 1.29 is 9.13 Å². The highest BCUT2D eigenvalue weighted by atomic mass is 19.1. The van der Waals surface area contributed by atoms with E-state index in [-0.39, 0.29) is 12.4 Å². The number of ether oxygens (including phenoxy) is 1. The first kappa shape index (κ1) is 12.6. The minimum absolute atomic E-state index is 0.135. The van der Waals surface area contributed by atoms with Crippen LogP contribution in [0, 0.1) is 12.7 Å². The van der Waals surface area contributed by atoms with E-state index in [4.69, 9.17) is 10.5 Å². The number of nitrogens with two attached hydrogens (primary N) is 1. The van der Waals surface area contributed by atoms with Gasteiger partial charge in [0.2, 0.25) is 0 Å². The smallest absolute Gasteiger partial charge is 0.131 e. The van der Waals surface area contributed by atoms with Crippen LogP contribution in [0.15, 0.2) is 42.5 Å². The maximum Gasteiger partial charge on any atom is 0.131 e. The second kappa shape index (κ2) is 5.65. The second-order valence-electron chi connectivity index (χ2n) is 4.19. The molecule has 0 aromatic heterocycles. The molecule has 3 heteroatoms. The summed E-state index contributed by atoms with van der Waals surface area (Å²) in [6.45, 7) is 2.58. The van der Waals surface area contributed by atoms with E-state index in [0.717, 1.165) is 5.56 Å². The maximum atomic E-state index is 13.5. The first-order chi connectivity index (χ1) is 8.70. The first-order valence-corrected chi connectivity index (χ1v) is 5.86. The average Bonchev–Trinajstić information content (AvgIpc) is 2.38. The number of halogens is 1. The molecule has 94 valence electrons. The predicted molar refractivity (Wildman–Crippen MR) is 69.8 cm³/mol. The Kier molecular flexibility index (Phi) is 3.95. The summed E-state index contributed by atoms with van der Waals surface area (Å²) in [6, 6.07) is 12.8. The van der Waals surface area contributed by atoms with E-state index in [2.05, 4.69) is 0 Å². The van der Waals surface area contributed by atoms with Crippen LogP contribution < -0.4 is 10.5 Å². The zero-order chi connectivity index (χ0) is 13.0. The van der Waals surface area contributed by atoms with Gasteiger partial charge in [-0.05, 0) is 24.6 Å². The Morgan fingerprint density at radius 1 is 1.11 bits per heavy atom. The van der Waals surface area contributed by atoms with Gasteiger partial charge >= 0.3 is 0 Å². The third-order valence-corrected chi connectivity index (χ3v) is 2.79. The topological polar surface area (TPSA) is 35.2 Å². The van der Waals surface area contributed by atoms with Crippen LogP contribution in [0.5, 0.6) is 5.75 Å². The Hall–Kier alpha value is -1.87. The zero-order valence-corrected chi connectivity index (χ0v) is 10.3. The summed E-state index contributed by atoms with van der Waals surface area (Å²) in [6.07, 6.45) is 0. The molecular weight excluding hydrogens is 229 g/mol. The van der Waals surface area contributed by atoms with Gasteiger partial charge in [0.05, 0.1) is 0 Å². The van der Waals surface area contributed by atoms with Crippen LogP contribution in [0.2, 0.25) is 0 Å². The van der Waals surface area contributed by atoms with Gasteiger partial charge in [0.1, 0.15) is 18.2 Å². The van der Waals surface area contributed by atoms with Crippen molar-refractivity contribution in [1.29, 1.82) is 0 Å². The molecule has 0 spiro atoms. The number of aryl methyl sites for hydroxylation is 1. The highest BCUT2D eigenvalue weighted by molar-refractivity contribution is 5.34. The molecule has 2 N–H and O–H groups in total. The molecule has 0 aliphatic rings. The second-order valence-corrected chi connectivity index (χ2v) is 4.19. The van der Waals surface area contributed by atoms with Gasteiger partial charge in [0, 0.05) is 12.1 Å². The maximum absolute atomic E-state index is 13.5. The Bertz CT molecular complexity index is 523. The molecule has 0 saturated heterocycles. The molecule has 0 unspecified atom stereocenters. The van der Waals surface area contributed by atoms with E-state index in [9.17, 15) is 4.39 Å². The van der Waals surface area contributed by atoms with Gasteiger partial charge in [-0.25, -0.2) is 4.39 Å². The molecule has 2 nitrogen and oxygen atoms in total. The van der Waals surface area contributed by atoms with Crippen molar-refractivity contribution in [2.75, 3.05) is 0 Å². The molecular formula is C15H16FNO. The standard InChI is InChI=1S/C15H16FNO/c1-11-5-7-12(8-6-11)10-18-15-4-2-3-14(16)13(15)9-17/h2-8H,9-10,17H2,1H3. The van der Waals surface area contributed by atoms with Crippen LogP contribution in [0.4, 0.5) is 4.39 Å². The third kappa shape index (κ3) is 2.87. The molecule has 0 amide bonds. The molecule has 0 bridgehead atoms. The molecule has 0 aliphatic heterocycles. The lowest BCUT2D eigenvalue weighted by Gasteiger charge is -2.11. The Balaban J connectivity index is 2.10. The van der Waals surface area contributed by atoms with Crippen LogP contribution in [-0.2, 0) is 13.2 Å². The lowest BCUT2D eigenvalue weighted by atomic mass is 10.1. The van der Waals surface area contributed by atoms with E-state index in [1.54, 1.807) is 12.1 Å². The fourth-order valence-corrected chi connectivity index (χ4v) is 1.72. The molecule has 0 atom stereocenters. The van der Waals surface area contributed by atoms with Crippen molar-refractivity contribution in [2.24, 2.45) is 5.73 Å². The minimum Gasteiger partial charge on any atom is -0.488 e. The summed E-state index contributed by atoms with van der Waals surface area (Å²) in [7, 11) is 0. The summed E-state index contributed by atoms with van der Waals surface area (Å²) in [5.41, 5.74) is 8.19. The molecule has 0 heterocycles. The van der Waals surface area contributed by atoms with Crippen molar-refractivity contribution in [2.45, 2.75) is 20.1 Å². The van der Waals surface area contributed by atoms with Crippen LogP contribution >= 0.6 is 0 Å². The number of hydrogen-bond acceptors (Lipinski definition) is 2. The first-order valence-electron chi connectivity index (χ1n) is 5.86. The lowest BCUT2D eigenvalue weighted by Crippen LogP contribution is -2.05. The predicted octanol–water partition coefficient (Wildman–Crippen LogP) is 3.17. The van der Waals surface area contributed by atoms with Crippen molar-refractivity contribution in [3.8, 4) is 5.75 Å². The van der Waals surface area contributed by atoms with E-state index in [0.29, 0.717) is 17.9 Å². The third-order valence-electron chi connectivity index (χ3n) is 2.79. The summed E-state index contributed by atoms with van der Waals surface area (Å²) in [5.74, 6) is 0.192. The lowest BCUT2D eigenvalue weighted by molar-refractivity contribution is 0.300. The number of benzene rings is 2. The monoisotopic (exact) mass is 245 g/mol. The SMILES string of the molecule is Cc1ccc(COc2cccc(F)c2CN)cc1. The number of rotatable bonds is 4. The van der Waals surface area contributed by atoms with Crippen LogP contribution in [0.3, 0.4) is 0 Å². The van der Waals surface area contributed by atoms with Gasteiger partial charge < -0.3 is 10.5 Å². The van der Waals surface area contributed by atoms with Gasteiger partial charge in [0.25, 0.3) is 0 Å². The van der Waals surface area contributed by atoms with Crippen LogP contribution in [0.1, 0.15) is 16.7 Å². The highest BCUT2D eigenvalue weighted by Crippen LogP contribution is 2.22. The molecule has 2 aromatic rings. The fraction of sp³-hybridized carbons (Fsp3) is 0.200. The van der Waals surface area contributed by atoms with Crippen molar-refractivity contribution >= 4 is 0 Å². The van der Waals surface area contributed by atoms with Gasteiger partial charge in [-0.1, -0.05) is 35.9 Å². The minimum atomic E-state index is -0.320. The van der Waals surface area contributed by atoms with Crippen LogP contribution in [0.25, 0.3) is 0 Å². The molecule has 18 heavy (non-hydrogen) atoms. The highest BCUT2D eigenvalue weighted by Gasteiger charge is 2.07. The number of hydrogen-bond donors (Lipinski definition) is 1. The molecule has 0 radical (unpaired) electrons. The van der Waals surface area contributed by atoms with Gasteiger partial charge in [0.15, 0.2) is 0 Å². The molecule has 2 aromatic carbocycles. The van der Waals surface area contributed by atoms with Gasteiger partial charge in [-0.2, -0.15) is 0 Å². The van der Waals surface area contributed by atoms with Crippen molar-refractivity contribution in [1.82, 2.24) is 0 Å². The Morgan fingerprint density at radius 3 is 2.50 bits per heavy atom. The molecule has 0 fully saturated rings. The summed E-state index contributed by atoms with van der Waals surface area (Å²) in [4.78, 5) is 0. The summed E-state index contributed by atoms with van der Waals surface area (Å²) in [5, 5.41) is 0.